The fourth-order valence-corrected chi connectivity index (χ4v) is 5.38. The molecule has 0 aliphatic carbocycles. The Bertz CT molecular complexity index is 1160. The Labute approximate surface area is 175 Å². The Morgan fingerprint density at radius 2 is 1.86 bits per heavy atom. The zero-order valence-electron chi connectivity index (χ0n) is 16.8. The van der Waals surface area contributed by atoms with Crippen molar-refractivity contribution in [2.45, 2.75) is 34.6 Å². The van der Waals surface area contributed by atoms with Crippen molar-refractivity contribution in [3.05, 3.63) is 38.2 Å². The number of rotatable bonds is 5. The van der Waals surface area contributed by atoms with E-state index in [1.807, 2.05) is 19.9 Å². The lowest BCUT2D eigenvalue weighted by Crippen LogP contribution is -2.15. The molecule has 0 aromatic carbocycles. The number of fused-ring (bicyclic) bond motifs is 1. The highest BCUT2D eigenvalue weighted by molar-refractivity contribution is 7.21. The molecule has 0 aliphatic rings. The number of carbonyl (C=O) groups excluding carboxylic acids is 3. The van der Waals surface area contributed by atoms with Crippen LogP contribution in [0, 0.1) is 20.8 Å². The van der Waals surface area contributed by atoms with E-state index in [0.29, 0.717) is 25.8 Å². The molecule has 0 radical (unpaired) electrons. The third-order valence-electron chi connectivity index (χ3n) is 4.40. The second kappa shape index (κ2) is 7.92. The molecule has 1 amide bonds. The van der Waals surface area contributed by atoms with Gasteiger partial charge in [0.15, 0.2) is 5.78 Å². The normalized spacial score (nSPS) is 10.9. The maximum Gasteiger partial charge on any atom is 0.341 e. The molecule has 3 rings (SSSR count). The maximum atomic E-state index is 13.0. The Kier molecular flexibility index (Phi) is 5.72. The minimum atomic E-state index is -0.582. The van der Waals surface area contributed by atoms with Crippen LogP contribution in [0.15, 0.2) is 6.07 Å². The number of ether oxygens (including phenoxy) is 1. The van der Waals surface area contributed by atoms with Crippen LogP contribution in [0.25, 0.3) is 10.2 Å². The number of pyridine rings is 1. The first-order valence-electron chi connectivity index (χ1n) is 8.94. The van der Waals surface area contributed by atoms with Crippen LogP contribution in [0.2, 0.25) is 0 Å². The van der Waals surface area contributed by atoms with Gasteiger partial charge in [-0.3, -0.25) is 9.59 Å². The van der Waals surface area contributed by atoms with Gasteiger partial charge < -0.3 is 15.8 Å². The number of Topliss-reactive ketones (excluding diaryl/α,β-unsaturated/α-hetero) is 1. The Balaban J connectivity index is 2.05. The number of carbonyl (C=O) groups is 3. The first kappa shape index (κ1) is 20.9. The van der Waals surface area contributed by atoms with Crippen molar-refractivity contribution in [2.24, 2.45) is 0 Å². The molecule has 3 N–H and O–H groups in total. The molecule has 3 aromatic heterocycles. The molecule has 0 fully saturated rings. The number of hydrogen-bond acceptors (Lipinski definition) is 8. The number of amides is 1. The maximum absolute atomic E-state index is 13.0. The van der Waals surface area contributed by atoms with Crippen molar-refractivity contribution in [3.8, 4) is 0 Å². The van der Waals surface area contributed by atoms with Gasteiger partial charge in [0.25, 0.3) is 5.91 Å². The number of aromatic nitrogens is 1. The summed E-state index contributed by atoms with van der Waals surface area (Å²) < 4.78 is 5.10. The molecule has 29 heavy (non-hydrogen) atoms. The summed E-state index contributed by atoms with van der Waals surface area (Å²) in [7, 11) is 0. The molecule has 0 saturated carbocycles. The minimum Gasteiger partial charge on any atom is -0.462 e. The molecule has 0 atom stereocenters. The lowest BCUT2D eigenvalue weighted by Gasteiger charge is -2.07. The zero-order valence-corrected chi connectivity index (χ0v) is 18.4. The van der Waals surface area contributed by atoms with Gasteiger partial charge in [-0.2, -0.15) is 0 Å². The third kappa shape index (κ3) is 3.75. The number of nitrogens with one attached hydrogen (secondary N) is 1. The number of nitrogens with zero attached hydrogens (tertiary/aromatic N) is 1. The van der Waals surface area contributed by atoms with Crippen LogP contribution in [0.1, 0.15) is 60.4 Å². The van der Waals surface area contributed by atoms with Crippen LogP contribution in [0.5, 0.6) is 0 Å². The molecule has 0 saturated heterocycles. The van der Waals surface area contributed by atoms with Gasteiger partial charge in [0.1, 0.15) is 14.7 Å². The second-order valence-electron chi connectivity index (χ2n) is 6.60. The number of ketones is 1. The molecular weight excluding hydrogens is 410 g/mol. The fraction of sp³-hybridized carbons (Fsp3) is 0.300. The SMILES string of the molecule is CCOC(=O)c1c(NC(=O)c2sc3nc(C)cc(C)c3c2N)sc(C(C)=O)c1C. The van der Waals surface area contributed by atoms with Gasteiger partial charge in [-0.1, -0.05) is 0 Å². The average Bonchev–Trinajstić information content (AvgIpc) is 3.12. The van der Waals surface area contributed by atoms with Crippen molar-refractivity contribution in [1.29, 1.82) is 0 Å². The number of nitrogen functional groups attached to an aromatic ring is 1. The summed E-state index contributed by atoms with van der Waals surface area (Å²) in [6, 6.07) is 1.91. The molecule has 0 bridgehead atoms. The predicted octanol–water partition coefficient (Wildman–Crippen LogP) is 4.50. The Morgan fingerprint density at radius 3 is 2.48 bits per heavy atom. The summed E-state index contributed by atoms with van der Waals surface area (Å²) >= 11 is 2.25. The van der Waals surface area contributed by atoms with Crippen LogP contribution in [0.3, 0.4) is 0 Å². The number of anilines is 2. The van der Waals surface area contributed by atoms with E-state index in [1.54, 1.807) is 13.8 Å². The number of esters is 1. The minimum absolute atomic E-state index is 0.185. The standard InChI is InChI=1S/C20H21N3O4S2/c1-6-27-20(26)13-10(4)15(11(5)24)28-19(13)23-17(25)16-14(21)12-8(2)7-9(3)22-18(12)29-16/h7H,6,21H2,1-5H3,(H,23,25). The Morgan fingerprint density at radius 1 is 1.17 bits per heavy atom. The highest BCUT2D eigenvalue weighted by Gasteiger charge is 2.27. The van der Waals surface area contributed by atoms with Gasteiger partial charge in [-0.25, -0.2) is 9.78 Å². The summed E-state index contributed by atoms with van der Waals surface area (Å²) in [4.78, 5) is 43.2. The van der Waals surface area contributed by atoms with E-state index in [2.05, 4.69) is 10.3 Å². The first-order chi connectivity index (χ1) is 13.6. The summed E-state index contributed by atoms with van der Waals surface area (Å²) in [6.07, 6.45) is 0. The van der Waals surface area contributed by atoms with Crippen molar-refractivity contribution in [1.82, 2.24) is 4.98 Å². The zero-order chi connectivity index (χ0) is 21.5. The molecule has 3 aromatic rings. The fourth-order valence-electron chi connectivity index (χ4n) is 3.18. The van der Waals surface area contributed by atoms with Crippen LogP contribution < -0.4 is 11.1 Å². The van der Waals surface area contributed by atoms with E-state index in [9.17, 15) is 14.4 Å². The topological polar surface area (TPSA) is 111 Å². The predicted molar refractivity (Wildman–Crippen MR) is 116 cm³/mol. The number of thiophene rings is 2. The molecule has 9 heteroatoms. The molecular formula is C20H21N3O4S2. The highest BCUT2D eigenvalue weighted by Crippen LogP contribution is 2.38. The van der Waals surface area contributed by atoms with Crippen LogP contribution in [-0.4, -0.2) is 29.3 Å². The number of aryl methyl sites for hydroxylation is 2. The van der Waals surface area contributed by atoms with Crippen molar-refractivity contribution >= 4 is 61.2 Å². The molecule has 0 spiro atoms. The Hall–Kier alpha value is -2.78. The van der Waals surface area contributed by atoms with Crippen molar-refractivity contribution in [2.75, 3.05) is 17.7 Å². The number of nitrogens with two attached hydrogens (primary N) is 1. The highest BCUT2D eigenvalue weighted by atomic mass is 32.1. The van der Waals surface area contributed by atoms with Crippen LogP contribution in [0.4, 0.5) is 10.7 Å². The van der Waals surface area contributed by atoms with Gasteiger partial charge in [0.05, 0.1) is 22.7 Å². The third-order valence-corrected chi connectivity index (χ3v) is 6.81. The van der Waals surface area contributed by atoms with E-state index < -0.39 is 11.9 Å². The van der Waals surface area contributed by atoms with E-state index in [-0.39, 0.29) is 23.0 Å². The van der Waals surface area contributed by atoms with Gasteiger partial charge in [0, 0.05) is 11.1 Å². The summed E-state index contributed by atoms with van der Waals surface area (Å²) in [6.45, 7) is 8.76. The largest absolute Gasteiger partial charge is 0.462 e. The van der Waals surface area contributed by atoms with E-state index in [4.69, 9.17) is 10.5 Å². The van der Waals surface area contributed by atoms with Crippen molar-refractivity contribution < 1.29 is 19.1 Å². The molecule has 0 aliphatic heterocycles. The van der Waals surface area contributed by atoms with Crippen LogP contribution >= 0.6 is 22.7 Å². The van der Waals surface area contributed by atoms with Gasteiger partial charge in [-0.05, 0) is 51.8 Å². The first-order valence-corrected chi connectivity index (χ1v) is 10.6. The van der Waals surface area contributed by atoms with E-state index in [0.717, 1.165) is 28.0 Å². The molecule has 0 unspecified atom stereocenters. The summed E-state index contributed by atoms with van der Waals surface area (Å²) in [5.74, 6) is -1.22. The van der Waals surface area contributed by atoms with Crippen molar-refractivity contribution in [3.63, 3.8) is 0 Å². The van der Waals surface area contributed by atoms with Crippen LogP contribution in [-0.2, 0) is 4.74 Å². The number of hydrogen-bond donors (Lipinski definition) is 2. The summed E-state index contributed by atoms with van der Waals surface area (Å²) in [5, 5.41) is 3.77. The molecule has 3 heterocycles. The van der Waals surface area contributed by atoms with Gasteiger partial charge >= 0.3 is 5.97 Å². The molecule has 152 valence electrons. The van der Waals surface area contributed by atoms with Gasteiger partial charge in [-0.15, -0.1) is 22.7 Å². The second-order valence-corrected chi connectivity index (χ2v) is 8.62. The summed E-state index contributed by atoms with van der Waals surface area (Å²) in [5.41, 5.74) is 9.06. The quantitative estimate of drug-likeness (QED) is 0.454. The molecule has 7 nitrogen and oxygen atoms in total. The van der Waals surface area contributed by atoms with Gasteiger partial charge in [0.2, 0.25) is 0 Å². The lowest BCUT2D eigenvalue weighted by atomic mass is 10.1. The van der Waals surface area contributed by atoms with E-state index in [1.165, 1.54) is 18.3 Å². The smallest absolute Gasteiger partial charge is 0.341 e. The average molecular weight is 432 g/mol. The monoisotopic (exact) mass is 431 g/mol. The lowest BCUT2D eigenvalue weighted by molar-refractivity contribution is 0.0527. The van der Waals surface area contributed by atoms with E-state index >= 15 is 0 Å².